The second kappa shape index (κ2) is 6.55. The van der Waals surface area contributed by atoms with Crippen LogP contribution in [0.4, 0.5) is 0 Å². The van der Waals surface area contributed by atoms with Gasteiger partial charge in [0.05, 0.1) is 0 Å². The molecule has 3 heteroatoms. The molecule has 0 heterocycles. The Hall–Kier alpha value is -2.13. The van der Waals surface area contributed by atoms with Crippen LogP contribution in [0.1, 0.15) is 30.0 Å². The molecule has 3 nitrogen and oxygen atoms in total. The molecule has 1 atom stereocenters. The van der Waals surface area contributed by atoms with Crippen molar-refractivity contribution in [3.63, 3.8) is 0 Å². The minimum absolute atomic E-state index is 0.484. The van der Waals surface area contributed by atoms with E-state index >= 15 is 0 Å². The molecule has 2 aromatic carbocycles. The first-order valence-corrected chi connectivity index (χ1v) is 7.18. The lowest BCUT2D eigenvalue weighted by molar-refractivity contribution is -0.145. The van der Waals surface area contributed by atoms with E-state index in [1.165, 1.54) is 0 Å². The Kier molecular flexibility index (Phi) is 4.76. The molecule has 110 valence electrons. The first-order valence-electron chi connectivity index (χ1n) is 7.18. The molecule has 0 aromatic heterocycles. The van der Waals surface area contributed by atoms with Gasteiger partial charge < -0.3 is 5.11 Å². The van der Waals surface area contributed by atoms with Gasteiger partial charge >= 0.3 is 5.97 Å². The monoisotopic (exact) mass is 283 g/mol. The number of hydrogen-bond donors (Lipinski definition) is 2. The summed E-state index contributed by atoms with van der Waals surface area (Å²) in [6.45, 7) is 4.41. The maximum absolute atomic E-state index is 11.9. The van der Waals surface area contributed by atoms with Crippen molar-refractivity contribution in [2.45, 2.75) is 32.4 Å². The Bertz CT molecular complexity index is 592. The first kappa shape index (κ1) is 15.3. The lowest BCUT2D eigenvalue weighted by Crippen LogP contribution is -2.48. The molecule has 0 aliphatic heterocycles. The van der Waals surface area contributed by atoms with Gasteiger partial charge in [0.2, 0.25) is 0 Å². The summed E-state index contributed by atoms with van der Waals surface area (Å²) in [5.74, 6) is -0.843. The molecule has 2 rings (SSSR count). The predicted octanol–water partition coefficient (Wildman–Crippen LogP) is 3.47. The van der Waals surface area contributed by atoms with Crippen LogP contribution in [-0.2, 0) is 16.9 Å². The highest BCUT2D eigenvalue weighted by molar-refractivity contribution is 5.80. The molecule has 1 unspecified atom stereocenters. The molecule has 2 N–H and O–H groups in total. The summed E-state index contributed by atoms with van der Waals surface area (Å²) in [6, 6.07) is 17.5. The van der Waals surface area contributed by atoms with Gasteiger partial charge in [-0.3, -0.25) is 5.32 Å². The highest BCUT2D eigenvalue weighted by atomic mass is 16.4. The van der Waals surface area contributed by atoms with Gasteiger partial charge in [-0.25, -0.2) is 4.79 Å². The third-order valence-electron chi connectivity index (χ3n) is 3.88. The molecule has 2 aromatic rings. The van der Waals surface area contributed by atoms with Gasteiger partial charge in [-0.1, -0.05) is 67.1 Å². The van der Waals surface area contributed by atoms with Crippen LogP contribution in [-0.4, -0.2) is 11.1 Å². The van der Waals surface area contributed by atoms with E-state index in [2.05, 4.69) is 5.32 Å². The predicted molar refractivity (Wildman–Crippen MR) is 84.1 cm³/mol. The van der Waals surface area contributed by atoms with E-state index in [1.54, 1.807) is 0 Å². The highest BCUT2D eigenvalue weighted by Gasteiger charge is 2.38. The Balaban J connectivity index is 2.29. The second-order valence-corrected chi connectivity index (χ2v) is 5.27. The van der Waals surface area contributed by atoms with Gasteiger partial charge in [0, 0.05) is 6.54 Å². The van der Waals surface area contributed by atoms with Crippen LogP contribution in [0.25, 0.3) is 0 Å². The molecule has 21 heavy (non-hydrogen) atoms. The summed E-state index contributed by atoms with van der Waals surface area (Å²) in [6.07, 6.45) is 0.484. The van der Waals surface area contributed by atoms with E-state index in [0.717, 1.165) is 16.7 Å². The molecule has 0 radical (unpaired) electrons. The van der Waals surface area contributed by atoms with E-state index in [-0.39, 0.29) is 0 Å². The van der Waals surface area contributed by atoms with Crippen LogP contribution < -0.4 is 5.32 Å². The molecule has 0 aliphatic carbocycles. The van der Waals surface area contributed by atoms with Crippen molar-refractivity contribution in [1.82, 2.24) is 5.32 Å². The maximum Gasteiger partial charge on any atom is 0.328 e. The molecule has 0 spiro atoms. The molecular formula is C18H21NO2. The Morgan fingerprint density at radius 1 is 1.10 bits per heavy atom. The molecule has 0 bridgehead atoms. The summed E-state index contributed by atoms with van der Waals surface area (Å²) < 4.78 is 0. The van der Waals surface area contributed by atoms with Crippen molar-refractivity contribution < 1.29 is 9.90 Å². The van der Waals surface area contributed by atoms with Gasteiger partial charge in [0.1, 0.15) is 5.54 Å². The summed E-state index contributed by atoms with van der Waals surface area (Å²) in [7, 11) is 0. The van der Waals surface area contributed by atoms with Gasteiger partial charge in [0.15, 0.2) is 0 Å². The van der Waals surface area contributed by atoms with Crippen LogP contribution in [0.2, 0.25) is 0 Å². The average Bonchev–Trinajstić information content (AvgIpc) is 2.50. The van der Waals surface area contributed by atoms with E-state index in [0.29, 0.717) is 13.0 Å². The van der Waals surface area contributed by atoms with Gasteiger partial charge in [0.25, 0.3) is 0 Å². The number of aryl methyl sites for hydroxylation is 1. The number of nitrogens with one attached hydrogen (secondary N) is 1. The number of benzene rings is 2. The van der Waals surface area contributed by atoms with Crippen LogP contribution in [0.15, 0.2) is 54.6 Å². The van der Waals surface area contributed by atoms with Crippen LogP contribution >= 0.6 is 0 Å². The summed E-state index contributed by atoms with van der Waals surface area (Å²) in [4.78, 5) is 11.9. The Morgan fingerprint density at radius 3 is 2.24 bits per heavy atom. The number of hydrogen-bond acceptors (Lipinski definition) is 2. The van der Waals surface area contributed by atoms with E-state index < -0.39 is 11.5 Å². The molecule has 0 saturated carbocycles. The van der Waals surface area contributed by atoms with Gasteiger partial charge in [-0.05, 0) is 24.5 Å². The van der Waals surface area contributed by atoms with Crippen molar-refractivity contribution in [1.29, 1.82) is 0 Å². The molecule has 0 saturated heterocycles. The van der Waals surface area contributed by atoms with Crippen LogP contribution in [0, 0.1) is 6.92 Å². The third kappa shape index (κ3) is 3.31. The van der Waals surface area contributed by atoms with Crippen LogP contribution in [0.3, 0.4) is 0 Å². The average molecular weight is 283 g/mol. The fraction of sp³-hybridized carbons (Fsp3) is 0.278. The number of rotatable bonds is 6. The number of carbonyl (C=O) groups is 1. The van der Waals surface area contributed by atoms with E-state index in [1.807, 2.05) is 68.4 Å². The summed E-state index contributed by atoms with van der Waals surface area (Å²) >= 11 is 0. The minimum Gasteiger partial charge on any atom is -0.480 e. The Labute approximate surface area is 125 Å². The zero-order valence-electron chi connectivity index (χ0n) is 12.5. The standard InChI is InChI=1S/C18H21NO2/c1-3-18(17(20)21,16-11-9-14(2)10-12-16)19-13-15-7-5-4-6-8-15/h4-12,19H,3,13H2,1-2H3,(H,20,21). The Morgan fingerprint density at radius 2 is 1.71 bits per heavy atom. The molecule has 0 aliphatic rings. The van der Waals surface area contributed by atoms with Crippen molar-refractivity contribution >= 4 is 5.97 Å². The maximum atomic E-state index is 11.9. The zero-order chi connectivity index (χ0) is 15.3. The number of carboxylic acid groups (broad SMARTS) is 1. The highest BCUT2D eigenvalue weighted by Crippen LogP contribution is 2.26. The van der Waals surface area contributed by atoms with Gasteiger partial charge in [-0.2, -0.15) is 0 Å². The second-order valence-electron chi connectivity index (χ2n) is 5.27. The summed E-state index contributed by atoms with van der Waals surface area (Å²) in [5, 5.41) is 13.0. The van der Waals surface area contributed by atoms with Crippen LogP contribution in [0.5, 0.6) is 0 Å². The third-order valence-corrected chi connectivity index (χ3v) is 3.88. The SMILES string of the molecule is CCC(NCc1ccccc1)(C(=O)O)c1ccc(C)cc1. The molecular weight excluding hydrogens is 262 g/mol. The van der Waals surface area contributed by atoms with Crippen molar-refractivity contribution in [3.05, 3.63) is 71.3 Å². The zero-order valence-corrected chi connectivity index (χ0v) is 12.5. The topological polar surface area (TPSA) is 49.3 Å². The fourth-order valence-corrected chi connectivity index (χ4v) is 2.47. The lowest BCUT2D eigenvalue weighted by Gasteiger charge is -2.30. The van der Waals surface area contributed by atoms with Crippen molar-refractivity contribution in [3.8, 4) is 0 Å². The van der Waals surface area contributed by atoms with E-state index in [4.69, 9.17) is 0 Å². The largest absolute Gasteiger partial charge is 0.480 e. The summed E-state index contributed by atoms with van der Waals surface area (Å²) in [5.41, 5.74) is 1.93. The normalized spacial score (nSPS) is 13.6. The van der Waals surface area contributed by atoms with Crippen molar-refractivity contribution in [2.24, 2.45) is 0 Å². The van der Waals surface area contributed by atoms with Gasteiger partial charge in [-0.15, -0.1) is 0 Å². The molecule has 0 amide bonds. The first-order chi connectivity index (χ1) is 10.1. The number of aliphatic carboxylic acids is 1. The smallest absolute Gasteiger partial charge is 0.328 e. The van der Waals surface area contributed by atoms with Crippen molar-refractivity contribution in [2.75, 3.05) is 0 Å². The minimum atomic E-state index is -1.05. The molecule has 0 fully saturated rings. The van der Waals surface area contributed by atoms with E-state index in [9.17, 15) is 9.90 Å². The number of carboxylic acids is 1. The lowest BCUT2D eigenvalue weighted by atomic mass is 9.86. The fourth-order valence-electron chi connectivity index (χ4n) is 2.47. The quantitative estimate of drug-likeness (QED) is 0.853.